The average molecular weight is 526 g/mol. The number of phenols is 4. The fraction of sp³-hybridized carbons (Fsp3) is 0.0714. The number of aryl methyl sites for hydroxylation is 1. The smallest absolute Gasteiger partial charge is 0.153 e. The van der Waals surface area contributed by atoms with Crippen molar-refractivity contribution in [2.75, 3.05) is 0 Å². The fourth-order valence-electron chi connectivity index (χ4n) is 4.34. The summed E-state index contributed by atoms with van der Waals surface area (Å²) in [4.78, 5) is 0. The summed E-state index contributed by atoms with van der Waals surface area (Å²) in [7, 11) is 0. The van der Waals surface area contributed by atoms with E-state index in [4.69, 9.17) is 34.8 Å². The molecule has 0 unspecified atom stereocenters. The average Bonchev–Trinajstić information content (AvgIpc) is 2.84. The highest BCUT2D eigenvalue weighted by Crippen LogP contribution is 2.46. The van der Waals surface area contributed by atoms with Gasteiger partial charge in [-0.15, -0.1) is 0 Å². The summed E-state index contributed by atoms with van der Waals surface area (Å²) >= 11 is 19.3. The molecule has 2 aliphatic carbocycles. The Morgan fingerprint density at radius 1 is 0.571 bits per heavy atom. The van der Waals surface area contributed by atoms with Gasteiger partial charge in [0.25, 0.3) is 0 Å². The van der Waals surface area contributed by atoms with Gasteiger partial charge in [-0.2, -0.15) is 0 Å². The fourth-order valence-corrected chi connectivity index (χ4v) is 5.12. The molecule has 4 aromatic rings. The summed E-state index contributed by atoms with van der Waals surface area (Å²) in [5.74, 6) is -0.293. The highest BCUT2D eigenvalue weighted by Gasteiger charge is 2.21. The van der Waals surface area contributed by atoms with Crippen LogP contribution in [0.15, 0.2) is 54.6 Å². The SMILES string of the molecule is Oc1ccc2cc1-c1cc(ccc1O)CCc1c(cc(Cl)c(O)c1Cl)-c1ccc(c(Cl)c1O)/C=C/2. The van der Waals surface area contributed by atoms with Gasteiger partial charge in [0.2, 0.25) is 0 Å². The van der Waals surface area contributed by atoms with Gasteiger partial charge in [-0.1, -0.05) is 65.2 Å². The van der Waals surface area contributed by atoms with E-state index in [-0.39, 0.29) is 38.1 Å². The van der Waals surface area contributed by atoms with Crippen molar-refractivity contribution in [3.63, 3.8) is 0 Å². The number of hydrogen-bond acceptors (Lipinski definition) is 4. The first kappa shape index (κ1) is 23.4. The maximum atomic E-state index is 11.0. The zero-order valence-corrected chi connectivity index (χ0v) is 20.5. The molecule has 0 radical (unpaired) electrons. The zero-order chi connectivity index (χ0) is 24.9. The van der Waals surface area contributed by atoms with Crippen molar-refractivity contribution >= 4 is 47.0 Å². The van der Waals surface area contributed by atoms with Gasteiger partial charge in [-0.25, -0.2) is 0 Å². The van der Waals surface area contributed by atoms with Crippen LogP contribution in [-0.4, -0.2) is 20.4 Å². The number of rotatable bonds is 0. The lowest BCUT2D eigenvalue weighted by Crippen LogP contribution is -1.98. The van der Waals surface area contributed by atoms with Crippen molar-refractivity contribution in [2.45, 2.75) is 12.8 Å². The number of hydrogen-bond donors (Lipinski definition) is 4. The molecule has 0 aromatic heterocycles. The van der Waals surface area contributed by atoms with Crippen molar-refractivity contribution < 1.29 is 20.4 Å². The van der Waals surface area contributed by atoms with Crippen molar-refractivity contribution in [1.29, 1.82) is 0 Å². The van der Waals surface area contributed by atoms with Crippen molar-refractivity contribution in [3.05, 3.63) is 91.9 Å². The van der Waals surface area contributed by atoms with Gasteiger partial charge in [0, 0.05) is 16.7 Å². The molecule has 6 rings (SSSR count). The Bertz CT molecular complexity index is 1530. The van der Waals surface area contributed by atoms with Crippen LogP contribution in [-0.2, 0) is 12.8 Å². The molecule has 0 atom stereocenters. The minimum absolute atomic E-state index is 0.0312. The molecule has 0 fully saturated rings. The van der Waals surface area contributed by atoms with Crippen molar-refractivity contribution in [3.8, 4) is 45.3 Å². The lowest BCUT2D eigenvalue weighted by atomic mass is 9.91. The van der Waals surface area contributed by atoms with E-state index in [1.807, 2.05) is 6.07 Å². The highest BCUT2D eigenvalue weighted by molar-refractivity contribution is 6.38. The molecule has 0 spiro atoms. The van der Waals surface area contributed by atoms with Crippen LogP contribution < -0.4 is 0 Å². The molecule has 0 amide bonds. The van der Waals surface area contributed by atoms with E-state index < -0.39 is 0 Å². The second-order valence-corrected chi connectivity index (χ2v) is 9.54. The van der Waals surface area contributed by atoms with Crippen LogP contribution in [0, 0.1) is 0 Å². The Morgan fingerprint density at radius 2 is 1.29 bits per heavy atom. The molecule has 176 valence electrons. The van der Waals surface area contributed by atoms with Crippen LogP contribution >= 0.6 is 34.8 Å². The predicted octanol–water partition coefficient (Wildman–Crippen LogP) is 8.07. The standard InChI is InChI=1S/C28H19Cl3O4/c29-22-13-19-17(26(31)28(22)35)7-2-15-4-10-24(33)21(12-15)20-11-14(3-9-23(20)32)1-5-16-6-8-18(19)27(34)25(16)30/h1,3-6,8-13,32-35H,2,7H2/b5-1+. The van der Waals surface area contributed by atoms with Crippen molar-refractivity contribution in [2.24, 2.45) is 0 Å². The van der Waals surface area contributed by atoms with Crippen LogP contribution in [0.5, 0.6) is 23.0 Å². The van der Waals surface area contributed by atoms with Gasteiger partial charge in [-0.3, -0.25) is 0 Å². The molecular formula is C28H19Cl3O4. The molecule has 6 bridgehead atoms. The lowest BCUT2D eigenvalue weighted by Gasteiger charge is -2.17. The normalized spacial score (nSPS) is 13.5. The molecule has 0 aliphatic heterocycles. The van der Waals surface area contributed by atoms with Gasteiger partial charge >= 0.3 is 0 Å². The van der Waals surface area contributed by atoms with Gasteiger partial charge in [0.15, 0.2) is 5.75 Å². The van der Waals surface area contributed by atoms with Gasteiger partial charge in [-0.05, 0) is 77.1 Å². The van der Waals surface area contributed by atoms with Gasteiger partial charge in [0.1, 0.15) is 17.2 Å². The molecule has 4 N–H and O–H groups in total. The second kappa shape index (κ2) is 9.04. The molecule has 0 heterocycles. The highest BCUT2D eigenvalue weighted by atomic mass is 35.5. The van der Waals surface area contributed by atoms with E-state index in [1.165, 1.54) is 0 Å². The first-order chi connectivity index (χ1) is 16.7. The van der Waals surface area contributed by atoms with Crippen LogP contribution in [0.25, 0.3) is 34.4 Å². The maximum Gasteiger partial charge on any atom is 0.153 e. The van der Waals surface area contributed by atoms with E-state index in [9.17, 15) is 20.4 Å². The molecule has 7 heteroatoms. The van der Waals surface area contributed by atoms with E-state index in [0.717, 1.165) is 11.1 Å². The largest absolute Gasteiger partial charge is 0.507 e. The van der Waals surface area contributed by atoms with E-state index in [2.05, 4.69) is 0 Å². The zero-order valence-electron chi connectivity index (χ0n) is 18.2. The monoisotopic (exact) mass is 524 g/mol. The summed E-state index contributed by atoms with van der Waals surface area (Å²) in [5.41, 5.74) is 4.79. The minimum Gasteiger partial charge on any atom is -0.507 e. The third kappa shape index (κ3) is 4.19. The third-order valence-corrected chi connectivity index (χ3v) is 7.31. The quantitative estimate of drug-likeness (QED) is 0.187. The van der Waals surface area contributed by atoms with E-state index in [0.29, 0.717) is 46.2 Å². The topological polar surface area (TPSA) is 80.9 Å². The summed E-state index contributed by atoms with van der Waals surface area (Å²) in [6.45, 7) is 0. The molecular weight excluding hydrogens is 507 g/mol. The number of benzene rings is 4. The van der Waals surface area contributed by atoms with Crippen LogP contribution in [0.3, 0.4) is 0 Å². The second-order valence-electron chi connectivity index (χ2n) is 8.37. The number of phenolic OH excluding ortho intramolecular Hbond substituents is 4. The van der Waals surface area contributed by atoms with E-state index in [1.54, 1.807) is 60.7 Å². The molecule has 0 saturated carbocycles. The summed E-state index contributed by atoms with van der Waals surface area (Å²) in [6.07, 6.45) is 4.44. The Hall–Kier alpha value is -3.31. The van der Waals surface area contributed by atoms with Gasteiger partial charge < -0.3 is 20.4 Å². The maximum absolute atomic E-state index is 11.0. The number of halogens is 3. The minimum atomic E-state index is -0.236. The summed E-state index contributed by atoms with van der Waals surface area (Å²) in [5, 5.41) is 42.8. The Kier molecular flexibility index (Phi) is 6.06. The predicted molar refractivity (Wildman–Crippen MR) is 142 cm³/mol. The number of fused-ring (bicyclic) bond motifs is 3. The first-order valence-electron chi connectivity index (χ1n) is 10.8. The van der Waals surface area contributed by atoms with E-state index >= 15 is 0 Å². The van der Waals surface area contributed by atoms with Crippen molar-refractivity contribution in [1.82, 2.24) is 0 Å². The first-order valence-corrected chi connectivity index (χ1v) is 11.9. The summed E-state index contributed by atoms with van der Waals surface area (Å²) in [6, 6.07) is 15.3. The Balaban J connectivity index is 1.79. The Labute approximate surface area is 216 Å². The molecule has 2 aliphatic rings. The molecule has 4 nitrogen and oxygen atoms in total. The lowest BCUT2D eigenvalue weighted by molar-refractivity contribution is 0.469. The number of aromatic hydroxyl groups is 4. The van der Waals surface area contributed by atoms with Crippen LogP contribution in [0.1, 0.15) is 22.3 Å². The van der Waals surface area contributed by atoms with Gasteiger partial charge in [0.05, 0.1) is 15.1 Å². The summed E-state index contributed by atoms with van der Waals surface area (Å²) < 4.78 is 0. The Morgan fingerprint density at radius 3 is 2.06 bits per heavy atom. The van der Waals surface area contributed by atoms with Crippen LogP contribution in [0.2, 0.25) is 15.1 Å². The molecule has 35 heavy (non-hydrogen) atoms. The van der Waals surface area contributed by atoms with Crippen LogP contribution in [0.4, 0.5) is 0 Å². The molecule has 0 saturated heterocycles. The third-order valence-electron chi connectivity index (χ3n) is 6.22. The molecule has 4 aromatic carbocycles.